The number of aromatic nitrogens is 7. The number of aromatic amines is 1. The molecule has 4 aromatic rings. The molecule has 0 atom stereocenters. The van der Waals surface area contributed by atoms with E-state index in [2.05, 4.69) is 36.0 Å². The summed E-state index contributed by atoms with van der Waals surface area (Å²) in [5.74, 6) is 1.06. The maximum Gasteiger partial charge on any atom is 0.261 e. The smallest absolute Gasteiger partial charge is 0.261 e. The van der Waals surface area contributed by atoms with E-state index < -0.39 is 0 Å². The number of aryl methyl sites for hydroxylation is 1. The van der Waals surface area contributed by atoms with E-state index in [1.54, 1.807) is 0 Å². The first-order valence-corrected chi connectivity index (χ1v) is 9.17. The topological polar surface area (TPSA) is 124 Å². The van der Waals surface area contributed by atoms with Gasteiger partial charge in [-0.15, -0.1) is 21.5 Å². The van der Waals surface area contributed by atoms with Crippen molar-refractivity contribution >= 4 is 23.2 Å². The Hall–Kier alpha value is -3.60. The van der Waals surface area contributed by atoms with E-state index in [4.69, 9.17) is 4.74 Å². The van der Waals surface area contributed by atoms with Gasteiger partial charge in [0, 0.05) is 4.88 Å². The molecule has 0 fully saturated rings. The number of H-pyrrole nitrogens is 1. The predicted octanol–water partition coefficient (Wildman–Crippen LogP) is 2.29. The quantitative estimate of drug-likeness (QED) is 0.512. The van der Waals surface area contributed by atoms with Crippen LogP contribution in [0.2, 0.25) is 0 Å². The minimum atomic E-state index is -0.332. The molecule has 1 aromatic carbocycles. The summed E-state index contributed by atoms with van der Waals surface area (Å²) in [6.07, 6.45) is 1.45. The monoisotopic (exact) mass is 396 g/mol. The van der Waals surface area contributed by atoms with Gasteiger partial charge in [-0.2, -0.15) is 9.67 Å². The van der Waals surface area contributed by atoms with Crippen molar-refractivity contribution in [1.82, 2.24) is 35.4 Å². The Bertz CT molecular complexity index is 1090. The molecule has 142 valence electrons. The molecule has 0 aliphatic carbocycles. The van der Waals surface area contributed by atoms with Gasteiger partial charge < -0.3 is 4.74 Å². The lowest BCUT2D eigenvalue weighted by Gasteiger charge is -2.04. The number of rotatable bonds is 6. The van der Waals surface area contributed by atoms with E-state index in [9.17, 15) is 4.79 Å². The van der Waals surface area contributed by atoms with E-state index >= 15 is 0 Å². The lowest BCUT2D eigenvalue weighted by molar-refractivity contribution is 0.102. The van der Waals surface area contributed by atoms with Gasteiger partial charge in [-0.1, -0.05) is 18.2 Å². The summed E-state index contributed by atoms with van der Waals surface area (Å²) in [5, 5.41) is 21.3. The summed E-state index contributed by atoms with van der Waals surface area (Å²) in [6, 6.07) is 9.37. The third kappa shape index (κ3) is 3.60. The molecule has 0 aliphatic heterocycles. The summed E-state index contributed by atoms with van der Waals surface area (Å²) in [7, 11) is 0. The Labute approximate surface area is 163 Å². The first kappa shape index (κ1) is 17.8. The number of thiophene rings is 1. The fourth-order valence-corrected chi connectivity index (χ4v) is 3.61. The maximum atomic E-state index is 12.8. The van der Waals surface area contributed by atoms with Crippen LogP contribution in [-0.4, -0.2) is 41.3 Å². The molecule has 2 N–H and O–H groups in total. The third-order valence-corrected chi connectivity index (χ3v) is 5.22. The second kappa shape index (κ2) is 7.56. The lowest BCUT2D eigenvalue weighted by Crippen LogP contribution is -2.16. The highest BCUT2D eigenvalue weighted by molar-refractivity contribution is 7.15. The fraction of sp³-hybridized carbons (Fsp3) is 0.176. The van der Waals surface area contributed by atoms with E-state index in [-0.39, 0.29) is 18.5 Å². The molecule has 3 aromatic heterocycles. The largest absolute Gasteiger partial charge is 0.486 e. The van der Waals surface area contributed by atoms with Crippen LogP contribution in [0.4, 0.5) is 5.95 Å². The second-order valence-corrected chi connectivity index (χ2v) is 7.08. The van der Waals surface area contributed by atoms with Crippen molar-refractivity contribution < 1.29 is 9.53 Å². The number of para-hydroxylation sites is 1. The Morgan fingerprint density at radius 1 is 1.29 bits per heavy atom. The first-order chi connectivity index (χ1) is 13.6. The van der Waals surface area contributed by atoms with Crippen molar-refractivity contribution in [3.05, 3.63) is 58.5 Å². The van der Waals surface area contributed by atoms with Gasteiger partial charge in [-0.3, -0.25) is 15.2 Å². The van der Waals surface area contributed by atoms with Crippen LogP contribution in [0.3, 0.4) is 0 Å². The molecule has 3 heterocycles. The van der Waals surface area contributed by atoms with Gasteiger partial charge in [0.2, 0.25) is 5.95 Å². The zero-order chi connectivity index (χ0) is 19.5. The number of nitrogens with zero attached hydrogens (tertiary/aromatic N) is 6. The molecule has 0 radical (unpaired) electrons. The number of tetrazole rings is 1. The average molecular weight is 396 g/mol. The molecule has 11 heteroatoms. The zero-order valence-electron chi connectivity index (χ0n) is 15.1. The SMILES string of the molecule is Cc1sc(-n2cnnn2)c(C(=O)Nc2n[nH]c(COc3ccccc3)n2)c1C. The number of benzene rings is 1. The fourth-order valence-electron chi connectivity index (χ4n) is 2.54. The molecule has 0 aliphatic rings. The molecule has 0 bridgehead atoms. The van der Waals surface area contributed by atoms with E-state index in [0.29, 0.717) is 16.4 Å². The van der Waals surface area contributed by atoms with Crippen molar-refractivity contribution in [3.63, 3.8) is 0 Å². The molecule has 0 unspecified atom stereocenters. The number of ether oxygens (including phenoxy) is 1. The number of nitrogens with one attached hydrogen (secondary N) is 2. The number of carbonyl (C=O) groups excluding carboxylic acids is 1. The summed E-state index contributed by atoms with van der Waals surface area (Å²) < 4.78 is 7.08. The second-order valence-electron chi connectivity index (χ2n) is 5.88. The molecule has 28 heavy (non-hydrogen) atoms. The van der Waals surface area contributed by atoms with Gasteiger partial charge in [0.25, 0.3) is 5.91 Å². The Morgan fingerprint density at radius 2 is 2.11 bits per heavy atom. The standard InChI is InChI=1S/C17H16N8O2S/c1-10-11(2)28-16(25-9-18-23-24-25)14(10)15(26)20-17-19-13(21-22-17)8-27-12-6-4-3-5-7-12/h3-7,9H,8H2,1-2H3,(H2,19,20,21,22,26). The van der Waals surface area contributed by atoms with Crippen LogP contribution >= 0.6 is 11.3 Å². The molecule has 10 nitrogen and oxygen atoms in total. The maximum absolute atomic E-state index is 12.8. The minimum absolute atomic E-state index is 0.169. The molecule has 0 saturated heterocycles. The molecule has 1 amide bonds. The van der Waals surface area contributed by atoms with Crippen molar-refractivity contribution in [2.75, 3.05) is 5.32 Å². The highest BCUT2D eigenvalue weighted by Crippen LogP contribution is 2.30. The van der Waals surface area contributed by atoms with Crippen LogP contribution in [-0.2, 0) is 6.61 Å². The average Bonchev–Trinajstić information content (AvgIpc) is 3.43. The van der Waals surface area contributed by atoms with Crippen LogP contribution in [0.1, 0.15) is 26.6 Å². The summed E-state index contributed by atoms with van der Waals surface area (Å²) in [6.45, 7) is 4.03. The summed E-state index contributed by atoms with van der Waals surface area (Å²) >= 11 is 1.44. The van der Waals surface area contributed by atoms with E-state index in [1.807, 2.05) is 44.2 Å². The summed E-state index contributed by atoms with van der Waals surface area (Å²) in [4.78, 5) is 18.1. The van der Waals surface area contributed by atoms with Crippen molar-refractivity contribution in [1.29, 1.82) is 0 Å². The van der Waals surface area contributed by atoms with Crippen LogP contribution in [0.15, 0.2) is 36.7 Å². The molecule has 0 saturated carbocycles. The van der Waals surface area contributed by atoms with Crippen LogP contribution in [0.5, 0.6) is 5.75 Å². The minimum Gasteiger partial charge on any atom is -0.486 e. The normalized spacial score (nSPS) is 10.8. The van der Waals surface area contributed by atoms with E-state index in [0.717, 1.165) is 16.2 Å². The van der Waals surface area contributed by atoms with Crippen LogP contribution in [0, 0.1) is 13.8 Å². The molecule has 0 spiro atoms. The third-order valence-electron chi connectivity index (χ3n) is 4.03. The molecular formula is C17H16N8O2S. The molecular weight excluding hydrogens is 380 g/mol. The van der Waals surface area contributed by atoms with Gasteiger partial charge in [-0.25, -0.2) is 0 Å². The predicted molar refractivity (Wildman–Crippen MR) is 102 cm³/mol. The number of amides is 1. The van der Waals surface area contributed by atoms with Gasteiger partial charge >= 0.3 is 0 Å². The Kier molecular flexibility index (Phi) is 4.81. The number of anilines is 1. The van der Waals surface area contributed by atoms with Crippen molar-refractivity contribution in [2.24, 2.45) is 0 Å². The van der Waals surface area contributed by atoms with Crippen LogP contribution < -0.4 is 10.1 Å². The number of hydrogen-bond donors (Lipinski definition) is 2. The van der Waals surface area contributed by atoms with Crippen LogP contribution in [0.25, 0.3) is 5.00 Å². The van der Waals surface area contributed by atoms with Gasteiger partial charge in [-0.05, 0) is 42.0 Å². The van der Waals surface area contributed by atoms with Crippen molar-refractivity contribution in [3.8, 4) is 10.8 Å². The Balaban J connectivity index is 1.48. The van der Waals surface area contributed by atoms with Gasteiger partial charge in [0.05, 0.1) is 5.56 Å². The van der Waals surface area contributed by atoms with Gasteiger partial charge in [0.1, 0.15) is 23.7 Å². The van der Waals surface area contributed by atoms with Crippen molar-refractivity contribution in [2.45, 2.75) is 20.5 Å². The number of hydrogen-bond acceptors (Lipinski definition) is 8. The Morgan fingerprint density at radius 3 is 2.86 bits per heavy atom. The molecule has 4 rings (SSSR count). The first-order valence-electron chi connectivity index (χ1n) is 8.35. The zero-order valence-corrected chi connectivity index (χ0v) is 15.9. The summed E-state index contributed by atoms with van der Waals surface area (Å²) in [5.41, 5.74) is 1.35. The van der Waals surface area contributed by atoms with E-state index in [1.165, 1.54) is 22.3 Å². The highest BCUT2D eigenvalue weighted by Gasteiger charge is 2.22. The highest BCUT2D eigenvalue weighted by atomic mass is 32.1. The number of carbonyl (C=O) groups is 1. The lowest BCUT2D eigenvalue weighted by atomic mass is 10.1. The van der Waals surface area contributed by atoms with Gasteiger partial charge in [0.15, 0.2) is 5.82 Å².